The molecule has 0 aliphatic carbocycles. The minimum atomic E-state index is -3.88. The molecule has 0 aliphatic heterocycles. The first-order valence-corrected chi connectivity index (χ1v) is 12.5. The van der Waals surface area contributed by atoms with Crippen LogP contribution in [0.4, 0.5) is 11.5 Å². The summed E-state index contributed by atoms with van der Waals surface area (Å²) in [5.41, 5.74) is 1.71. The van der Waals surface area contributed by atoms with E-state index in [9.17, 15) is 18.0 Å². The SMILES string of the molecule is Cc1cc(NS(=O)(=O)c2ccc(NC(=O)[C@@H](C)Oc3ccc4c(C)cc(=O)oc4c3)cc2)nc(C)n1. The van der Waals surface area contributed by atoms with Crippen LogP contribution in [0.3, 0.4) is 0 Å². The van der Waals surface area contributed by atoms with Crippen molar-refractivity contribution in [3.8, 4) is 5.75 Å². The number of aryl methyl sites for hydroxylation is 3. The Bertz CT molecular complexity index is 1590. The monoisotopic (exact) mass is 508 g/mol. The molecule has 2 N–H and O–H groups in total. The van der Waals surface area contributed by atoms with Crippen LogP contribution in [-0.2, 0) is 14.8 Å². The molecule has 0 unspecified atom stereocenters. The van der Waals surface area contributed by atoms with Gasteiger partial charge in [0.15, 0.2) is 6.10 Å². The van der Waals surface area contributed by atoms with Crippen LogP contribution in [-0.4, -0.2) is 30.4 Å². The summed E-state index contributed by atoms with van der Waals surface area (Å²) in [6.45, 7) is 6.79. The van der Waals surface area contributed by atoms with Crippen LogP contribution in [0, 0.1) is 20.8 Å². The molecule has 0 aliphatic rings. The van der Waals surface area contributed by atoms with Crippen LogP contribution < -0.4 is 20.4 Å². The van der Waals surface area contributed by atoms with Crippen LogP contribution in [0.2, 0.25) is 0 Å². The van der Waals surface area contributed by atoms with Crippen LogP contribution >= 0.6 is 0 Å². The second kappa shape index (κ2) is 9.78. The summed E-state index contributed by atoms with van der Waals surface area (Å²) in [7, 11) is -3.88. The molecule has 4 aromatic rings. The highest BCUT2D eigenvalue weighted by Crippen LogP contribution is 2.23. The van der Waals surface area contributed by atoms with Gasteiger partial charge in [-0.15, -0.1) is 0 Å². The number of carbonyl (C=O) groups excluding carboxylic acids is 1. The Balaban J connectivity index is 1.42. The number of sulfonamides is 1. The Labute approximate surface area is 207 Å². The van der Waals surface area contributed by atoms with Gasteiger partial charge in [-0.1, -0.05) is 0 Å². The Morgan fingerprint density at radius 2 is 1.72 bits per heavy atom. The van der Waals surface area contributed by atoms with Crippen LogP contribution in [0.15, 0.2) is 68.7 Å². The summed E-state index contributed by atoms with van der Waals surface area (Å²) in [5, 5.41) is 3.46. The van der Waals surface area contributed by atoms with Crippen molar-refractivity contribution in [1.29, 1.82) is 0 Å². The zero-order valence-corrected chi connectivity index (χ0v) is 20.8. The maximum Gasteiger partial charge on any atom is 0.336 e. The largest absolute Gasteiger partial charge is 0.481 e. The predicted molar refractivity (Wildman–Crippen MR) is 135 cm³/mol. The van der Waals surface area contributed by atoms with Gasteiger partial charge in [0.25, 0.3) is 15.9 Å². The first-order valence-electron chi connectivity index (χ1n) is 11.0. The van der Waals surface area contributed by atoms with Crippen LogP contribution in [0.1, 0.15) is 24.0 Å². The highest BCUT2D eigenvalue weighted by molar-refractivity contribution is 7.92. The summed E-state index contributed by atoms with van der Waals surface area (Å²) >= 11 is 0. The van der Waals surface area contributed by atoms with E-state index in [0.29, 0.717) is 28.5 Å². The molecule has 0 saturated carbocycles. The van der Waals surface area contributed by atoms with Crippen molar-refractivity contribution in [2.75, 3.05) is 10.0 Å². The standard InChI is InChI=1S/C25H24N4O6S/c1-14-11-24(30)35-22-13-19(7-10-21(14)22)34-16(3)25(31)28-18-5-8-20(9-6-18)36(32,33)29-23-12-15(2)26-17(4)27-23/h5-13,16H,1-4H3,(H,28,31)(H,26,27,29)/t16-/m1/s1. The van der Waals surface area contributed by atoms with E-state index in [1.165, 1.54) is 36.4 Å². The van der Waals surface area contributed by atoms with Gasteiger partial charge in [0, 0.05) is 35.0 Å². The Morgan fingerprint density at radius 3 is 2.42 bits per heavy atom. The lowest BCUT2D eigenvalue weighted by Gasteiger charge is -2.15. The number of hydrogen-bond donors (Lipinski definition) is 2. The third-order valence-corrected chi connectivity index (χ3v) is 6.61. The molecule has 0 saturated heterocycles. The van der Waals surface area contributed by atoms with E-state index in [1.54, 1.807) is 45.9 Å². The summed E-state index contributed by atoms with van der Waals surface area (Å²) < 4.78 is 38.7. The number of carbonyl (C=O) groups is 1. The van der Waals surface area contributed by atoms with Crippen molar-refractivity contribution in [3.05, 3.63) is 82.1 Å². The van der Waals surface area contributed by atoms with Crippen LogP contribution in [0.5, 0.6) is 5.75 Å². The molecule has 2 aromatic heterocycles. The lowest BCUT2D eigenvalue weighted by molar-refractivity contribution is -0.122. The second-order valence-electron chi connectivity index (χ2n) is 8.23. The number of nitrogens with zero attached hydrogens (tertiary/aromatic N) is 2. The highest BCUT2D eigenvalue weighted by atomic mass is 32.2. The molecule has 2 heterocycles. The van der Waals surface area contributed by atoms with Gasteiger partial charge in [-0.05, 0) is 69.7 Å². The Morgan fingerprint density at radius 1 is 1.00 bits per heavy atom. The van der Waals surface area contributed by atoms with Gasteiger partial charge in [-0.2, -0.15) is 0 Å². The Hall–Kier alpha value is -4.25. The molecule has 0 spiro atoms. The van der Waals surface area contributed by atoms with Crippen molar-refractivity contribution in [2.24, 2.45) is 0 Å². The van der Waals surface area contributed by atoms with Crippen molar-refractivity contribution in [1.82, 2.24) is 9.97 Å². The zero-order chi connectivity index (χ0) is 26.0. The van der Waals surface area contributed by atoms with E-state index in [0.717, 1.165) is 10.9 Å². The fraction of sp³-hybridized carbons (Fsp3) is 0.200. The predicted octanol–water partition coefficient (Wildman–Crippen LogP) is 3.72. The van der Waals surface area contributed by atoms with Gasteiger partial charge in [-0.3, -0.25) is 9.52 Å². The molecule has 2 aromatic carbocycles. The highest BCUT2D eigenvalue weighted by Gasteiger charge is 2.18. The number of nitrogens with one attached hydrogen (secondary N) is 2. The number of rotatable bonds is 7. The van der Waals surface area contributed by atoms with E-state index in [1.807, 2.05) is 0 Å². The third-order valence-electron chi connectivity index (χ3n) is 5.24. The molecule has 0 fully saturated rings. The topological polar surface area (TPSA) is 140 Å². The first-order chi connectivity index (χ1) is 17.0. The maximum atomic E-state index is 12.7. The number of fused-ring (bicyclic) bond motifs is 1. The number of benzene rings is 2. The molecule has 4 rings (SSSR count). The minimum Gasteiger partial charge on any atom is -0.481 e. The third kappa shape index (κ3) is 5.69. The summed E-state index contributed by atoms with van der Waals surface area (Å²) in [6.07, 6.45) is -0.881. The zero-order valence-electron chi connectivity index (χ0n) is 20.0. The van der Waals surface area contributed by atoms with Crippen molar-refractivity contribution in [2.45, 2.75) is 38.7 Å². The van der Waals surface area contributed by atoms with E-state index in [-0.39, 0.29) is 10.7 Å². The molecular formula is C25H24N4O6S. The van der Waals surface area contributed by atoms with Crippen molar-refractivity contribution < 1.29 is 22.4 Å². The fourth-order valence-electron chi connectivity index (χ4n) is 3.56. The van der Waals surface area contributed by atoms with Crippen molar-refractivity contribution in [3.63, 3.8) is 0 Å². The molecule has 0 bridgehead atoms. The second-order valence-corrected chi connectivity index (χ2v) is 9.91. The molecule has 0 radical (unpaired) electrons. The molecule has 1 atom stereocenters. The maximum absolute atomic E-state index is 12.7. The molecule has 36 heavy (non-hydrogen) atoms. The summed E-state index contributed by atoms with van der Waals surface area (Å²) in [5.74, 6) is 0.542. The number of hydrogen-bond acceptors (Lipinski definition) is 8. The molecular weight excluding hydrogens is 484 g/mol. The minimum absolute atomic E-state index is 0.00617. The first kappa shape index (κ1) is 24.9. The van der Waals surface area contributed by atoms with Crippen molar-refractivity contribution >= 4 is 38.4 Å². The quantitative estimate of drug-likeness (QED) is 0.360. The average Bonchev–Trinajstić information content (AvgIpc) is 2.78. The van der Waals surface area contributed by atoms with Gasteiger partial charge < -0.3 is 14.5 Å². The number of amides is 1. The number of aromatic nitrogens is 2. The smallest absolute Gasteiger partial charge is 0.336 e. The average molecular weight is 509 g/mol. The summed E-state index contributed by atoms with van der Waals surface area (Å²) in [4.78, 5) is 32.5. The lowest BCUT2D eigenvalue weighted by atomic mass is 10.1. The number of ether oxygens (including phenoxy) is 1. The van der Waals surface area contributed by atoms with E-state index in [4.69, 9.17) is 9.15 Å². The van der Waals surface area contributed by atoms with Gasteiger partial charge in [0.05, 0.1) is 4.90 Å². The van der Waals surface area contributed by atoms with Gasteiger partial charge in [0.1, 0.15) is 23.0 Å². The molecule has 1 amide bonds. The van der Waals surface area contributed by atoms with Crippen LogP contribution in [0.25, 0.3) is 11.0 Å². The fourth-order valence-corrected chi connectivity index (χ4v) is 4.56. The van der Waals surface area contributed by atoms with E-state index < -0.39 is 27.7 Å². The molecule has 186 valence electrons. The molecule has 10 nitrogen and oxygen atoms in total. The normalized spacial score (nSPS) is 12.2. The Kier molecular flexibility index (Phi) is 6.75. The molecule has 11 heteroatoms. The van der Waals surface area contributed by atoms with Gasteiger partial charge >= 0.3 is 5.63 Å². The van der Waals surface area contributed by atoms with E-state index >= 15 is 0 Å². The van der Waals surface area contributed by atoms with Gasteiger partial charge in [-0.25, -0.2) is 23.2 Å². The van der Waals surface area contributed by atoms with Gasteiger partial charge in [0.2, 0.25) is 0 Å². The lowest BCUT2D eigenvalue weighted by Crippen LogP contribution is -2.30. The van der Waals surface area contributed by atoms with E-state index in [2.05, 4.69) is 20.0 Å². The summed E-state index contributed by atoms with van der Waals surface area (Å²) in [6, 6.07) is 13.6. The number of anilines is 2.